The van der Waals surface area contributed by atoms with Crippen molar-refractivity contribution in [3.05, 3.63) is 17.7 Å². The van der Waals surface area contributed by atoms with Crippen LogP contribution in [0.15, 0.2) is 12.1 Å². The molecule has 5 heteroatoms. The molecule has 0 unspecified atom stereocenters. The summed E-state index contributed by atoms with van der Waals surface area (Å²) < 4.78 is 17.6. The lowest BCUT2D eigenvalue weighted by molar-refractivity contribution is 0.0375. The number of ether oxygens (including phenoxy) is 2. The van der Waals surface area contributed by atoms with E-state index < -0.39 is 0 Å². The molecule has 0 N–H and O–H groups in total. The van der Waals surface area contributed by atoms with Gasteiger partial charge in [-0.1, -0.05) is 13.8 Å². The molecule has 0 bridgehead atoms. The van der Waals surface area contributed by atoms with Crippen LogP contribution in [0, 0.1) is 5.41 Å². The minimum absolute atomic E-state index is 0.0659. The van der Waals surface area contributed by atoms with Crippen LogP contribution < -0.4 is 14.9 Å². The molecule has 0 amide bonds. The summed E-state index contributed by atoms with van der Waals surface area (Å²) in [6, 6.07) is 4.20. The van der Waals surface area contributed by atoms with Crippen molar-refractivity contribution >= 4 is 12.4 Å². The van der Waals surface area contributed by atoms with E-state index in [-0.39, 0.29) is 17.9 Å². The summed E-state index contributed by atoms with van der Waals surface area (Å²) in [5.74, 6) is 1.72. The summed E-state index contributed by atoms with van der Waals surface area (Å²) >= 11 is 0. The Morgan fingerprint density at radius 3 is 1.96 bits per heavy atom. The fourth-order valence-electron chi connectivity index (χ4n) is 3.11. The van der Waals surface area contributed by atoms with Gasteiger partial charge >= 0.3 is 6.92 Å². The molecule has 2 rings (SSSR count). The Kier molecular flexibility index (Phi) is 5.02. The van der Waals surface area contributed by atoms with Crippen molar-refractivity contribution in [3.63, 3.8) is 0 Å². The van der Waals surface area contributed by atoms with Crippen molar-refractivity contribution in [2.75, 3.05) is 28.3 Å². The lowest BCUT2D eigenvalue weighted by atomic mass is 9.54. The highest BCUT2D eigenvalue weighted by Crippen LogP contribution is 2.45. The SMILES string of the molecule is COc1cc(B2CC(C)(C)C(C)(C)O2)cc(OC)c1CN(C)C. The molecular weight excluding hydrogens is 289 g/mol. The average Bonchev–Trinajstić information content (AvgIpc) is 2.67. The van der Waals surface area contributed by atoms with Gasteiger partial charge in [-0.2, -0.15) is 0 Å². The summed E-state index contributed by atoms with van der Waals surface area (Å²) in [5, 5.41) is 0. The van der Waals surface area contributed by atoms with Crippen LogP contribution in [0.2, 0.25) is 6.32 Å². The third kappa shape index (κ3) is 3.51. The molecule has 0 atom stereocenters. The van der Waals surface area contributed by atoms with E-state index in [1.165, 1.54) is 0 Å². The summed E-state index contributed by atoms with van der Waals surface area (Å²) in [7, 11) is 7.50. The molecule has 1 heterocycles. The first-order chi connectivity index (χ1) is 10.6. The van der Waals surface area contributed by atoms with E-state index >= 15 is 0 Å². The third-order valence-electron chi connectivity index (χ3n) is 5.24. The van der Waals surface area contributed by atoms with E-state index in [1.54, 1.807) is 14.2 Å². The monoisotopic (exact) mass is 319 g/mol. The second-order valence-electron chi connectivity index (χ2n) is 7.85. The molecule has 1 saturated heterocycles. The van der Waals surface area contributed by atoms with Gasteiger partial charge in [-0.3, -0.25) is 0 Å². The highest BCUT2D eigenvalue weighted by molar-refractivity contribution is 6.68. The average molecular weight is 319 g/mol. The molecule has 0 aromatic heterocycles. The van der Waals surface area contributed by atoms with Crippen molar-refractivity contribution in [2.45, 2.75) is 46.2 Å². The minimum Gasteiger partial charge on any atom is -0.496 e. The molecule has 1 aromatic carbocycles. The topological polar surface area (TPSA) is 30.9 Å². The van der Waals surface area contributed by atoms with Gasteiger partial charge < -0.3 is 19.0 Å². The summed E-state index contributed by atoms with van der Waals surface area (Å²) in [6.45, 7) is 9.71. The van der Waals surface area contributed by atoms with Crippen LogP contribution in [0.1, 0.15) is 33.3 Å². The zero-order valence-electron chi connectivity index (χ0n) is 15.8. The minimum atomic E-state index is -0.152. The molecule has 23 heavy (non-hydrogen) atoms. The molecule has 0 spiro atoms. The highest BCUT2D eigenvalue weighted by atomic mass is 16.5. The van der Waals surface area contributed by atoms with Gasteiger partial charge in [0.25, 0.3) is 0 Å². The quantitative estimate of drug-likeness (QED) is 0.781. The van der Waals surface area contributed by atoms with Gasteiger partial charge in [0.15, 0.2) is 0 Å². The largest absolute Gasteiger partial charge is 0.496 e. The number of nitrogens with zero attached hydrogens (tertiary/aromatic N) is 1. The Labute approximate surface area is 141 Å². The Bertz CT molecular complexity index is 528. The molecule has 1 aliphatic rings. The first kappa shape index (κ1) is 18.1. The lowest BCUT2D eigenvalue weighted by Gasteiger charge is -2.34. The van der Waals surface area contributed by atoms with Crippen molar-refractivity contribution in [1.82, 2.24) is 4.90 Å². The van der Waals surface area contributed by atoms with E-state index in [1.807, 2.05) is 14.1 Å². The predicted molar refractivity (Wildman–Crippen MR) is 96.1 cm³/mol. The maximum atomic E-state index is 6.35. The third-order valence-corrected chi connectivity index (χ3v) is 5.24. The molecule has 0 radical (unpaired) electrons. The zero-order chi connectivity index (χ0) is 17.4. The molecule has 128 valence electrons. The number of benzene rings is 1. The lowest BCUT2D eigenvalue weighted by Crippen LogP contribution is -2.36. The van der Waals surface area contributed by atoms with E-state index in [4.69, 9.17) is 14.1 Å². The Morgan fingerprint density at radius 1 is 1.09 bits per heavy atom. The maximum absolute atomic E-state index is 6.35. The normalized spacial score (nSPS) is 19.3. The molecule has 0 saturated carbocycles. The summed E-state index contributed by atoms with van der Waals surface area (Å²) in [5.41, 5.74) is 2.17. The van der Waals surface area contributed by atoms with Gasteiger partial charge in [0, 0.05) is 6.54 Å². The van der Waals surface area contributed by atoms with Crippen molar-refractivity contribution in [1.29, 1.82) is 0 Å². The second-order valence-corrected chi connectivity index (χ2v) is 7.85. The van der Waals surface area contributed by atoms with Crippen LogP contribution in [-0.2, 0) is 11.2 Å². The first-order valence-corrected chi connectivity index (χ1v) is 8.18. The Morgan fingerprint density at radius 2 is 1.61 bits per heavy atom. The summed E-state index contributed by atoms with van der Waals surface area (Å²) in [4.78, 5) is 2.11. The maximum Gasteiger partial charge on any atom is 0.328 e. The smallest absolute Gasteiger partial charge is 0.328 e. The van der Waals surface area contributed by atoms with Crippen LogP contribution >= 0.6 is 0 Å². The van der Waals surface area contributed by atoms with Crippen LogP contribution in [0.25, 0.3) is 0 Å². The van der Waals surface area contributed by atoms with E-state index in [0.717, 1.165) is 35.4 Å². The van der Waals surface area contributed by atoms with Crippen molar-refractivity contribution in [3.8, 4) is 11.5 Å². The molecule has 1 aromatic rings. The Hall–Kier alpha value is -1.20. The standard InChI is InChI=1S/C18H30BNO3/c1-17(2)12-19(23-18(17,3)4)13-9-15(21-7)14(11-20(5)6)16(10-13)22-8/h9-10H,11-12H2,1-8H3. The zero-order valence-corrected chi connectivity index (χ0v) is 15.8. The van der Waals surface area contributed by atoms with Gasteiger partial charge in [0.1, 0.15) is 11.5 Å². The fraction of sp³-hybridized carbons (Fsp3) is 0.667. The number of hydrogen-bond acceptors (Lipinski definition) is 4. The molecule has 1 aliphatic heterocycles. The van der Waals surface area contributed by atoms with Crippen molar-refractivity contribution < 1.29 is 14.1 Å². The van der Waals surface area contributed by atoms with Gasteiger partial charge in [0.2, 0.25) is 0 Å². The van der Waals surface area contributed by atoms with Gasteiger partial charge in [-0.25, -0.2) is 0 Å². The molecule has 4 nitrogen and oxygen atoms in total. The molecular formula is C18H30BNO3. The summed E-state index contributed by atoms with van der Waals surface area (Å²) in [6.07, 6.45) is 0.985. The number of methoxy groups -OCH3 is 2. The van der Waals surface area contributed by atoms with Crippen LogP contribution in [0.3, 0.4) is 0 Å². The molecule has 0 aliphatic carbocycles. The first-order valence-electron chi connectivity index (χ1n) is 8.18. The Balaban J connectivity index is 2.42. The fourth-order valence-corrected chi connectivity index (χ4v) is 3.11. The van der Waals surface area contributed by atoms with Crippen LogP contribution in [-0.4, -0.2) is 45.7 Å². The van der Waals surface area contributed by atoms with Crippen molar-refractivity contribution in [2.24, 2.45) is 5.41 Å². The van der Waals surface area contributed by atoms with Gasteiger partial charge in [-0.15, -0.1) is 0 Å². The van der Waals surface area contributed by atoms with E-state index in [0.29, 0.717) is 0 Å². The highest BCUT2D eigenvalue weighted by Gasteiger charge is 2.50. The van der Waals surface area contributed by atoms with Gasteiger partial charge in [-0.05, 0) is 57.3 Å². The number of hydrogen-bond donors (Lipinski definition) is 0. The van der Waals surface area contributed by atoms with Crippen LogP contribution in [0.5, 0.6) is 11.5 Å². The predicted octanol–water partition coefficient (Wildman–Crippen LogP) is 2.80. The number of rotatable bonds is 5. The van der Waals surface area contributed by atoms with Crippen LogP contribution in [0.4, 0.5) is 0 Å². The van der Waals surface area contributed by atoms with E-state index in [9.17, 15) is 0 Å². The van der Waals surface area contributed by atoms with E-state index in [2.05, 4.69) is 44.7 Å². The second kappa shape index (κ2) is 6.37. The van der Waals surface area contributed by atoms with Gasteiger partial charge in [0.05, 0.1) is 25.4 Å². The molecule has 1 fully saturated rings.